The molecule has 0 aliphatic carbocycles. The lowest BCUT2D eigenvalue weighted by molar-refractivity contribution is 0.362. The number of nitrogens with zero attached hydrogens (tertiary/aromatic N) is 1. The van der Waals surface area contributed by atoms with Gasteiger partial charge in [-0.15, -0.1) is 0 Å². The van der Waals surface area contributed by atoms with Gasteiger partial charge in [-0.05, 0) is 54.8 Å². The molecule has 28 heavy (non-hydrogen) atoms. The normalized spacial score (nSPS) is 12.5. The van der Waals surface area contributed by atoms with E-state index in [9.17, 15) is 21.2 Å². The van der Waals surface area contributed by atoms with Crippen LogP contribution in [0.4, 0.5) is 4.39 Å². The molecule has 0 atom stereocenters. The summed E-state index contributed by atoms with van der Waals surface area (Å²) >= 11 is 0. The molecular weight excluding hydrogens is 405 g/mol. The molecule has 2 rings (SSSR count). The highest BCUT2D eigenvalue weighted by Crippen LogP contribution is 2.22. The van der Waals surface area contributed by atoms with Crippen molar-refractivity contribution in [3.8, 4) is 5.75 Å². The summed E-state index contributed by atoms with van der Waals surface area (Å²) in [7, 11) is -7.44. The second-order valence-electron chi connectivity index (χ2n) is 6.72. The molecule has 0 saturated carbocycles. The van der Waals surface area contributed by atoms with E-state index in [1.54, 1.807) is 12.1 Å². The van der Waals surface area contributed by atoms with Gasteiger partial charge in [-0.2, -0.15) is 12.7 Å². The summed E-state index contributed by atoms with van der Waals surface area (Å²) in [5, 5.41) is 0. The molecule has 0 aliphatic rings. The van der Waals surface area contributed by atoms with E-state index < -0.39 is 26.0 Å². The quantitative estimate of drug-likeness (QED) is 0.571. The minimum Gasteiger partial charge on any atom is -0.382 e. The lowest BCUT2D eigenvalue weighted by Gasteiger charge is -2.24. The maximum atomic E-state index is 13.2. The second-order valence-corrected chi connectivity index (χ2v) is 10.5. The van der Waals surface area contributed by atoms with Gasteiger partial charge in [0.15, 0.2) is 0 Å². The van der Waals surface area contributed by atoms with E-state index >= 15 is 0 Å². The molecule has 0 unspecified atom stereocenters. The van der Waals surface area contributed by atoms with Crippen LogP contribution in [-0.4, -0.2) is 33.4 Å². The van der Waals surface area contributed by atoms with Crippen molar-refractivity contribution in [3.63, 3.8) is 0 Å². The Morgan fingerprint density at radius 3 is 2.04 bits per heavy atom. The van der Waals surface area contributed by atoms with E-state index in [4.69, 9.17) is 4.18 Å². The molecule has 2 aromatic carbocycles. The van der Waals surface area contributed by atoms with Crippen molar-refractivity contribution >= 4 is 20.1 Å². The molecule has 0 spiro atoms. The van der Waals surface area contributed by atoms with Gasteiger partial charge in [-0.3, -0.25) is 0 Å². The van der Waals surface area contributed by atoms with Crippen LogP contribution in [0, 0.1) is 11.7 Å². The molecule has 0 aromatic heterocycles. The molecule has 0 heterocycles. The SMILES string of the molecule is CCS(=O)(=O)Oc1ccc(CN(CC(C)C)S(=O)(=O)c2ccc(F)cc2)cc1. The maximum Gasteiger partial charge on any atom is 0.308 e. The fourth-order valence-electron chi connectivity index (χ4n) is 2.47. The van der Waals surface area contributed by atoms with Crippen molar-refractivity contribution in [2.75, 3.05) is 12.3 Å². The number of benzene rings is 2. The van der Waals surface area contributed by atoms with Gasteiger partial charge >= 0.3 is 10.1 Å². The van der Waals surface area contributed by atoms with E-state index in [0.29, 0.717) is 5.56 Å². The third-order valence-corrected chi connectivity index (χ3v) is 6.86. The summed E-state index contributed by atoms with van der Waals surface area (Å²) in [6.07, 6.45) is 0. The van der Waals surface area contributed by atoms with Gasteiger partial charge in [0.25, 0.3) is 0 Å². The highest BCUT2D eigenvalue weighted by atomic mass is 32.2. The number of rotatable bonds is 9. The summed E-state index contributed by atoms with van der Waals surface area (Å²) in [5.41, 5.74) is 0.674. The zero-order chi connectivity index (χ0) is 20.9. The van der Waals surface area contributed by atoms with Crippen molar-refractivity contribution in [2.24, 2.45) is 5.92 Å². The van der Waals surface area contributed by atoms with Crippen molar-refractivity contribution < 1.29 is 25.4 Å². The van der Waals surface area contributed by atoms with Gasteiger partial charge in [0.1, 0.15) is 11.6 Å². The largest absolute Gasteiger partial charge is 0.382 e. The zero-order valence-corrected chi connectivity index (χ0v) is 17.6. The number of hydrogen-bond acceptors (Lipinski definition) is 5. The second kappa shape index (κ2) is 9.02. The first-order valence-electron chi connectivity index (χ1n) is 8.80. The van der Waals surface area contributed by atoms with E-state index in [1.807, 2.05) is 13.8 Å². The zero-order valence-electron chi connectivity index (χ0n) is 16.0. The Balaban J connectivity index is 2.26. The lowest BCUT2D eigenvalue weighted by Crippen LogP contribution is -2.33. The molecule has 2 aromatic rings. The molecule has 0 aliphatic heterocycles. The van der Waals surface area contributed by atoms with Crippen molar-refractivity contribution in [1.82, 2.24) is 4.31 Å². The fraction of sp³-hybridized carbons (Fsp3) is 0.368. The predicted molar refractivity (Wildman–Crippen MR) is 105 cm³/mol. The Labute approximate surface area is 166 Å². The number of sulfonamides is 1. The van der Waals surface area contributed by atoms with Gasteiger partial charge in [0.05, 0.1) is 10.6 Å². The highest BCUT2D eigenvalue weighted by Gasteiger charge is 2.25. The summed E-state index contributed by atoms with van der Waals surface area (Å²) in [6, 6.07) is 10.9. The summed E-state index contributed by atoms with van der Waals surface area (Å²) in [4.78, 5) is 0.0172. The minimum absolute atomic E-state index is 0.0172. The minimum atomic E-state index is -3.81. The fourth-order valence-corrected chi connectivity index (χ4v) is 4.58. The van der Waals surface area contributed by atoms with Crippen LogP contribution >= 0.6 is 0 Å². The molecule has 0 radical (unpaired) electrons. The highest BCUT2D eigenvalue weighted by molar-refractivity contribution is 7.89. The average Bonchev–Trinajstić information content (AvgIpc) is 2.62. The Kier molecular flexibility index (Phi) is 7.19. The van der Waals surface area contributed by atoms with Crippen LogP contribution in [-0.2, 0) is 26.7 Å². The van der Waals surface area contributed by atoms with Gasteiger partial charge < -0.3 is 4.18 Å². The van der Waals surface area contributed by atoms with Crippen LogP contribution in [0.25, 0.3) is 0 Å². The monoisotopic (exact) mass is 429 g/mol. The molecule has 6 nitrogen and oxygen atoms in total. The lowest BCUT2D eigenvalue weighted by atomic mass is 10.2. The molecule has 154 valence electrons. The van der Waals surface area contributed by atoms with Crippen molar-refractivity contribution in [1.29, 1.82) is 0 Å². The van der Waals surface area contributed by atoms with Crippen LogP contribution < -0.4 is 4.18 Å². The predicted octanol–water partition coefficient (Wildman–Crippen LogP) is 3.40. The van der Waals surface area contributed by atoms with Crippen molar-refractivity contribution in [3.05, 3.63) is 59.9 Å². The summed E-state index contributed by atoms with van der Waals surface area (Å²) < 4.78 is 68.4. The van der Waals surface area contributed by atoms with Gasteiger partial charge in [-0.25, -0.2) is 12.8 Å². The van der Waals surface area contributed by atoms with E-state index in [2.05, 4.69) is 0 Å². The van der Waals surface area contributed by atoms with Crippen molar-refractivity contribution in [2.45, 2.75) is 32.2 Å². The molecular formula is C19H24FNO5S2. The van der Waals surface area contributed by atoms with Gasteiger partial charge in [0.2, 0.25) is 10.0 Å². The molecule has 0 N–H and O–H groups in total. The number of hydrogen-bond donors (Lipinski definition) is 0. The first kappa shape index (κ1) is 22.3. The smallest absolute Gasteiger partial charge is 0.308 e. The molecule has 0 bridgehead atoms. The number of halogens is 1. The topological polar surface area (TPSA) is 80.8 Å². The molecule has 9 heteroatoms. The maximum absolute atomic E-state index is 13.2. The van der Waals surface area contributed by atoms with E-state index in [-0.39, 0.29) is 35.4 Å². The Morgan fingerprint density at radius 2 is 1.54 bits per heavy atom. The van der Waals surface area contributed by atoms with E-state index in [1.165, 1.54) is 35.5 Å². The van der Waals surface area contributed by atoms with Crippen LogP contribution in [0.3, 0.4) is 0 Å². The van der Waals surface area contributed by atoms with Crippen LogP contribution in [0.1, 0.15) is 26.3 Å². The van der Waals surface area contributed by atoms with Gasteiger partial charge in [-0.1, -0.05) is 26.0 Å². The Bertz CT molecular complexity index is 986. The summed E-state index contributed by atoms with van der Waals surface area (Å²) in [5.74, 6) is -0.408. The molecule has 0 fully saturated rings. The Hall–Kier alpha value is -1.97. The first-order chi connectivity index (χ1) is 13.0. The molecule has 0 amide bonds. The van der Waals surface area contributed by atoms with Crippen LogP contribution in [0.2, 0.25) is 0 Å². The average molecular weight is 430 g/mol. The Morgan fingerprint density at radius 1 is 0.964 bits per heavy atom. The van der Waals surface area contributed by atoms with Gasteiger partial charge in [0, 0.05) is 13.1 Å². The van der Waals surface area contributed by atoms with E-state index in [0.717, 1.165) is 12.1 Å². The molecule has 0 saturated heterocycles. The third kappa shape index (κ3) is 6.02. The van der Waals surface area contributed by atoms with Crippen LogP contribution in [0.5, 0.6) is 5.75 Å². The van der Waals surface area contributed by atoms with Crippen LogP contribution in [0.15, 0.2) is 53.4 Å². The summed E-state index contributed by atoms with van der Waals surface area (Å²) in [6.45, 7) is 5.66. The first-order valence-corrected chi connectivity index (χ1v) is 11.8. The third-order valence-electron chi connectivity index (χ3n) is 3.88. The standard InChI is InChI=1S/C19H24FNO5S2/c1-4-27(22,23)26-18-9-5-16(6-10-18)14-21(13-15(2)3)28(24,25)19-11-7-17(20)8-12-19/h5-12,15H,4,13-14H2,1-3H3.